The molecule has 2 rings (SSSR count). The molecular weight excluding hydrogens is 377 g/mol. The molecule has 0 aromatic heterocycles. The quantitative estimate of drug-likeness (QED) is 0.742. The molecule has 2 aromatic carbocycles. The molecular formula is C15H12BrCl2NO2. The van der Waals surface area contributed by atoms with Crippen LogP contribution >= 0.6 is 39.1 Å². The molecule has 6 heteroatoms. The lowest BCUT2D eigenvalue weighted by Crippen LogP contribution is -2.22. The number of hydrogen-bond acceptors (Lipinski definition) is 3. The second-order valence-electron chi connectivity index (χ2n) is 4.28. The highest BCUT2D eigenvalue weighted by molar-refractivity contribution is 9.10. The summed E-state index contributed by atoms with van der Waals surface area (Å²) in [6.45, 7) is 0. The Balaban J connectivity index is 2.39. The minimum absolute atomic E-state index is 0.435. The molecule has 21 heavy (non-hydrogen) atoms. The lowest BCUT2D eigenvalue weighted by atomic mass is 10.1. The van der Waals surface area contributed by atoms with Gasteiger partial charge in [0.15, 0.2) is 6.04 Å². The van der Waals surface area contributed by atoms with Crippen molar-refractivity contribution >= 4 is 50.8 Å². The van der Waals surface area contributed by atoms with Crippen molar-refractivity contribution in [3.05, 3.63) is 62.5 Å². The van der Waals surface area contributed by atoms with Crippen LogP contribution in [-0.4, -0.2) is 13.1 Å². The largest absolute Gasteiger partial charge is 0.467 e. The van der Waals surface area contributed by atoms with Gasteiger partial charge in [0, 0.05) is 25.8 Å². The lowest BCUT2D eigenvalue weighted by Gasteiger charge is -2.19. The number of nitrogens with one attached hydrogen (secondary N) is 1. The van der Waals surface area contributed by atoms with Crippen molar-refractivity contribution < 1.29 is 9.53 Å². The second kappa shape index (κ2) is 7.16. The van der Waals surface area contributed by atoms with Gasteiger partial charge in [-0.3, -0.25) is 0 Å². The van der Waals surface area contributed by atoms with Gasteiger partial charge in [-0.05, 0) is 36.4 Å². The Kier molecular flexibility index (Phi) is 5.51. The Hall–Kier alpha value is -1.23. The van der Waals surface area contributed by atoms with Crippen LogP contribution in [0.2, 0.25) is 10.0 Å². The van der Waals surface area contributed by atoms with Crippen LogP contribution in [0.3, 0.4) is 0 Å². The van der Waals surface area contributed by atoms with E-state index in [4.69, 9.17) is 27.9 Å². The van der Waals surface area contributed by atoms with Crippen molar-refractivity contribution in [2.75, 3.05) is 12.4 Å². The van der Waals surface area contributed by atoms with Crippen LogP contribution in [-0.2, 0) is 9.53 Å². The first-order valence-corrected chi connectivity index (χ1v) is 7.61. The Labute approximate surface area is 141 Å². The molecule has 3 nitrogen and oxygen atoms in total. The van der Waals surface area contributed by atoms with Crippen LogP contribution in [0.1, 0.15) is 11.6 Å². The smallest absolute Gasteiger partial charge is 0.333 e. The molecule has 0 saturated heterocycles. The predicted molar refractivity (Wildman–Crippen MR) is 89.0 cm³/mol. The summed E-state index contributed by atoms with van der Waals surface area (Å²) in [6, 6.07) is 11.7. The van der Waals surface area contributed by atoms with Gasteiger partial charge in [-0.15, -0.1) is 0 Å². The SMILES string of the molecule is COC(=O)C(Nc1cccc(Cl)c1)c1cc(Br)ccc1Cl. The van der Waals surface area contributed by atoms with Gasteiger partial charge in [0.05, 0.1) is 7.11 Å². The third-order valence-corrected chi connectivity index (χ3v) is 3.91. The summed E-state index contributed by atoms with van der Waals surface area (Å²) in [4.78, 5) is 12.1. The molecule has 0 heterocycles. The molecule has 0 aliphatic carbocycles. The number of carbonyl (C=O) groups excluding carboxylic acids is 1. The third-order valence-electron chi connectivity index (χ3n) is 2.84. The van der Waals surface area contributed by atoms with E-state index >= 15 is 0 Å². The van der Waals surface area contributed by atoms with E-state index in [-0.39, 0.29) is 0 Å². The first kappa shape index (κ1) is 16.1. The maximum Gasteiger partial charge on any atom is 0.333 e. The lowest BCUT2D eigenvalue weighted by molar-refractivity contribution is -0.141. The van der Waals surface area contributed by atoms with Crippen LogP contribution in [0.25, 0.3) is 0 Å². The van der Waals surface area contributed by atoms with E-state index < -0.39 is 12.0 Å². The molecule has 1 unspecified atom stereocenters. The zero-order valence-corrected chi connectivity index (χ0v) is 14.2. The maximum atomic E-state index is 12.1. The summed E-state index contributed by atoms with van der Waals surface area (Å²) in [7, 11) is 1.33. The number of methoxy groups -OCH3 is 1. The number of halogens is 3. The second-order valence-corrected chi connectivity index (χ2v) is 6.04. The normalized spacial score (nSPS) is 11.8. The number of ether oxygens (including phenoxy) is 1. The topological polar surface area (TPSA) is 38.3 Å². The minimum atomic E-state index is -0.724. The molecule has 0 spiro atoms. The van der Waals surface area contributed by atoms with Gasteiger partial charge in [-0.2, -0.15) is 0 Å². The first-order chi connectivity index (χ1) is 10.0. The predicted octanol–water partition coefficient (Wildman–Crippen LogP) is 5.08. The molecule has 0 fully saturated rings. The molecule has 0 bridgehead atoms. The van der Waals surface area contributed by atoms with E-state index in [1.165, 1.54) is 7.11 Å². The van der Waals surface area contributed by atoms with E-state index in [2.05, 4.69) is 21.2 Å². The van der Waals surface area contributed by atoms with Crippen molar-refractivity contribution in [2.24, 2.45) is 0 Å². The zero-order valence-electron chi connectivity index (χ0n) is 11.1. The van der Waals surface area contributed by atoms with E-state index in [0.717, 1.165) is 4.47 Å². The van der Waals surface area contributed by atoms with Gasteiger partial charge < -0.3 is 10.1 Å². The van der Waals surface area contributed by atoms with Gasteiger partial charge in [0.25, 0.3) is 0 Å². The number of anilines is 1. The van der Waals surface area contributed by atoms with Gasteiger partial charge in [0.2, 0.25) is 0 Å². The van der Waals surface area contributed by atoms with Gasteiger partial charge in [-0.1, -0.05) is 45.2 Å². The van der Waals surface area contributed by atoms with Gasteiger partial charge in [0.1, 0.15) is 0 Å². The fourth-order valence-electron chi connectivity index (χ4n) is 1.86. The van der Waals surface area contributed by atoms with Crippen molar-refractivity contribution in [3.63, 3.8) is 0 Å². The van der Waals surface area contributed by atoms with Crippen LogP contribution in [0.4, 0.5) is 5.69 Å². The van der Waals surface area contributed by atoms with E-state index in [1.54, 1.807) is 36.4 Å². The number of carbonyl (C=O) groups is 1. The Morgan fingerprint density at radius 1 is 1.24 bits per heavy atom. The summed E-state index contributed by atoms with van der Waals surface area (Å²) in [5, 5.41) is 4.14. The molecule has 0 radical (unpaired) electrons. The molecule has 0 aliphatic heterocycles. The Morgan fingerprint density at radius 2 is 2.00 bits per heavy atom. The van der Waals surface area contributed by atoms with Crippen LogP contribution in [0.15, 0.2) is 46.9 Å². The third kappa shape index (κ3) is 4.13. The minimum Gasteiger partial charge on any atom is -0.467 e. The molecule has 110 valence electrons. The summed E-state index contributed by atoms with van der Waals surface area (Å²) < 4.78 is 5.68. The highest BCUT2D eigenvalue weighted by Gasteiger charge is 2.24. The highest BCUT2D eigenvalue weighted by atomic mass is 79.9. The molecule has 0 aliphatic rings. The van der Waals surface area contributed by atoms with Crippen molar-refractivity contribution in [1.82, 2.24) is 0 Å². The highest BCUT2D eigenvalue weighted by Crippen LogP contribution is 2.30. The summed E-state index contributed by atoms with van der Waals surface area (Å²) in [5.41, 5.74) is 1.33. The fourth-order valence-corrected chi connectivity index (χ4v) is 2.66. The molecule has 0 amide bonds. The Bertz CT molecular complexity index is 664. The van der Waals surface area contributed by atoms with Crippen molar-refractivity contribution in [1.29, 1.82) is 0 Å². The number of hydrogen-bond donors (Lipinski definition) is 1. The molecule has 0 saturated carbocycles. The molecule has 1 atom stereocenters. The Morgan fingerprint density at radius 3 is 2.67 bits per heavy atom. The van der Waals surface area contributed by atoms with Gasteiger partial charge >= 0.3 is 5.97 Å². The summed E-state index contributed by atoms with van der Waals surface area (Å²) in [6.07, 6.45) is 0. The number of esters is 1. The van der Waals surface area contributed by atoms with E-state index in [9.17, 15) is 4.79 Å². The summed E-state index contributed by atoms with van der Waals surface area (Å²) >= 11 is 15.5. The standard InChI is InChI=1S/C15H12BrCl2NO2/c1-21-15(20)14(12-7-9(16)5-6-13(12)18)19-11-4-2-3-10(17)8-11/h2-8,14,19H,1H3. The number of benzene rings is 2. The van der Waals surface area contributed by atoms with E-state index in [0.29, 0.717) is 21.3 Å². The van der Waals surface area contributed by atoms with Crippen LogP contribution in [0.5, 0.6) is 0 Å². The van der Waals surface area contributed by atoms with Crippen LogP contribution < -0.4 is 5.32 Å². The first-order valence-electron chi connectivity index (χ1n) is 6.06. The van der Waals surface area contributed by atoms with E-state index in [1.807, 2.05) is 6.07 Å². The van der Waals surface area contributed by atoms with Crippen molar-refractivity contribution in [3.8, 4) is 0 Å². The van der Waals surface area contributed by atoms with Crippen molar-refractivity contribution in [2.45, 2.75) is 6.04 Å². The molecule has 1 N–H and O–H groups in total. The maximum absolute atomic E-state index is 12.1. The van der Waals surface area contributed by atoms with Gasteiger partial charge in [-0.25, -0.2) is 4.79 Å². The summed E-state index contributed by atoms with van der Waals surface area (Å²) in [5.74, 6) is -0.435. The average Bonchev–Trinajstić information content (AvgIpc) is 2.47. The monoisotopic (exact) mass is 387 g/mol. The fraction of sp³-hybridized carbons (Fsp3) is 0.133. The average molecular weight is 389 g/mol. The number of rotatable bonds is 4. The molecule has 2 aromatic rings. The zero-order chi connectivity index (χ0) is 15.4. The van der Waals surface area contributed by atoms with Crippen LogP contribution in [0, 0.1) is 0 Å².